The number of anilines is 1. The molecule has 0 aliphatic rings. The summed E-state index contributed by atoms with van der Waals surface area (Å²) in [6, 6.07) is 4.38. The summed E-state index contributed by atoms with van der Waals surface area (Å²) >= 11 is 3.11. The van der Waals surface area contributed by atoms with E-state index in [0.717, 1.165) is 0 Å². The maximum absolute atomic E-state index is 11.9. The Hall–Kier alpha value is -1.17. The fourth-order valence-electron chi connectivity index (χ4n) is 1.03. The van der Waals surface area contributed by atoms with Gasteiger partial charge in [0.25, 0.3) is 6.43 Å². The van der Waals surface area contributed by atoms with Gasteiger partial charge in [0.05, 0.1) is 12.1 Å². The first kappa shape index (κ1) is 11.9. The quantitative estimate of drug-likeness (QED) is 0.891. The number of aromatic carboxylic acids is 1. The number of carboxylic acid groups (broad SMARTS) is 1. The number of nitrogens with one attached hydrogen (secondary N) is 1. The van der Waals surface area contributed by atoms with Gasteiger partial charge in [-0.1, -0.05) is 15.9 Å². The molecule has 0 radical (unpaired) electrons. The third kappa shape index (κ3) is 3.47. The molecular formula is C9H8BrF2NO2. The Morgan fingerprint density at radius 2 is 2.20 bits per heavy atom. The molecule has 0 aromatic heterocycles. The zero-order chi connectivity index (χ0) is 11.4. The maximum Gasteiger partial charge on any atom is 0.337 e. The molecule has 3 nitrogen and oxygen atoms in total. The van der Waals surface area contributed by atoms with Crippen LogP contribution in [0.2, 0.25) is 0 Å². The number of alkyl halides is 2. The van der Waals surface area contributed by atoms with Crippen LogP contribution in [0.15, 0.2) is 22.7 Å². The molecule has 6 heteroatoms. The van der Waals surface area contributed by atoms with E-state index in [9.17, 15) is 13.6 Å². The maximum atomic E-state index is 11.9. The molecule has 1 rings (SSSR count). The largest absolute Gasteiger partial charge is 0.478 e. The molecule has 0 atom stereocenters. The molecule has 0 fully saturated rings. The van der Waals surface area contributed by atoms with Crippen molar-refractivity contribution < 1.29 is 18.7 Å². The van der Waals surface area contributed by atoms with Gasteiger partial charge in [0.2, 0.25) is 0 Å². The summed E-state index contributed by atoms with van der Waals surface area (Å²) in [7, 11) is 0. The van der Waals surface area contributed by atoms with E-state index in [-0.39, 0.29) is 11.3 Å². The Morgan fingerprint density at radius 3 is 2.73 bits per heavy atom. The van der Waals surface area contributed by atoms with Crippen LogP contribution in [0, 0.1) is 0 Å². The van der Waals surface area contributed by atoms with Gasteiger partial charge in [0, 0.05) is 10.2 Å². The first-order chi connectivity index (χ1) is 7.00. The van der Waals surface area contributed by atoms with E-state index >= 15 is 0 Å². The van der Waals surface area contributed by atoms with E-state index in [1.54, 1.807) is 6.07 Å². The Morgan fingerprint density at radius 1 is 1.53 bits per heavy atom. The zero-order valence-corrected chi connectivity index (χ0v) is 9.09. The van der Waals surface area contributed by atoms with Crippen molar-refractivity contribution in [1.82, 2.24) is 0 Å². The molecule has 0 amide bonds. The highest BCUT2D eigenvalue weighted by molar-refractivity contribution is 9.10. The number of hydrogen-bond acceptors (Lipinski definition) is 2. The Labute approximate surface area is 93.2 Å². The minimum absolute atomic E-state index is 0.0370. The number of halogens is 3. The molecule has 0 saturated carbocycles. The van der Waals surface area contributed by atoms with Crippen molar-refractivity contribution in [2.24, 2.45) is 0 Å². The number of carboxylic acids is 1. The minimum Gasteiger partial charge on any atom is -0.478 e. The van der Waals surface area contributed by atoms with E-state index in [0.29, 0.717) is 4.47 Å². The molecule has 82 valence electrons. The Bertz CT molecular complexity index is 371. The van der Waals surface area contributed by atoms with Gasteiger partial charge in [0.1, 0.15) is 0 Å². The fraction of sp³-hybridized carbons (Fsp3) is 0.222. The molecule has 1 aromatic rings. The second-order valence-corrected chi connectivity index (χ2v) is 3.68. The topological polar surface area (TPSA) is 49.3 Å². The molecule has 0 aliphatic heterocycles. The van der Waals surface area contributed by atoms with Crippen LogP contribution in [0.1, 0.15) is 10.4 Å². The summed E-state index contributed by atoms with van der Waals surface area (Å²) in [5.41, 5.74) is 0.149. The third-order valence-corrected chi connectivity index (χ3v) is 2.15. The van der Waals surface area contributed by atoms with Crippen LogP contribution in [0.25, 0.3) is 0 Å². The molecule has 0 bridgehead atoms. The molecule has 0 heterocycles. The third-order valence-electron chi connectivity index (χ3n) is 1.66. The van der Waals surface area contributed by atoms with Gasteiger partial charge in [-0.15, -0.1) is 0 Å². The number of benzene rings is 1. The number of rotatable bonds is 4. The summed E-state index contributed by atoms with van der Waals surface area (Å²) in [6.45, 7) is -0.568. The van der Waals surface area contributed by atoms with Gasteiger partial charge in [-0.25, -0.2) is 13.6 Å². The van der Waals surface area contributed by atoms with Crippen molar-refractivity contribution in [1.29, 1.82) is 0 Å². The minimum atomic E-state index is -2.52. The van der Waals surface area contributed by atoms with E-state index in [1.165, 1.54) is 12.1 Å². The van der Waals surface area contributed by atoms with Gasteiger partial charge < -0.3 is 10.4 Å². The van der Waals surface area contributed by atoms with E-state index in [4.69, 9.17) is 5.11 Å². The molecule has 0 unspecified atom stereocenters. The SMILES string of the molecule is O=C(O)c1cc(Br)ccc1NCC(F)F. The van der Waals surface area contributed by atoms with Gasteiger partial charge in [-0.05, 0) is 18.2 Å². The van der Waals surface area contributed by atoms with Crippen LogP contribution in [-0.4, -0.2) is 24.0 Å². The Kier molecular flexibility index (Phi) is 4.02. The molecule has 15 heavy (non-hydrogen) atoms. The van der Waals surface area contributed by atoms with Crippen molar-refractivity contribution in [2.45, 2.75) is 6.43 Å². The van der Waals surface area contributed by atoms with Crippen molar-refractivity contribution in [3.8, 4) is 0 Å². The van der Waals surface area contributed by atoms with E-state index < -0.39 is 18.9 Å². The second kappa shape index (κ2) is 5.06. The van der Waals surface area contributed by atoms with Gasteiger partial charge in [-0.3, -0.25) is 0 Å². The monoisotopic (exact) mass is 279 g/mol. The lowest BCUT2D eigenvalue weighted by Gasteiger charge is -2.09. The van der Waals surface area contributed by atoms with Crippen LogP contribution in [-0.2, 0) is 0 Å². The predicted molar refractivity (Wildman–Crippen MR) is 55.6 cm³/mol. The standard InChI is InChI=1S/C9H8BrF2NO2/c10-5-1-2-7(13-4-8(11)12)6(3-5)9(14)15/h1-3,8,13H,4H2,(H,14,15). The highest BCUT2D eigenvalue weighted by Crippen LogP contribution is 2.21. The lowest BCUT2D eigenvalue weighted by molar-refractivity contribution is 0.0697. The summed E-state index contributed by atoms with van der Waals surface area (Å²) in [6.07, 6.45) is -2.52. The normalized spacial score (nSPS) is 10.4. The molecule has 1 aromatic carbocycles. The summed E-state index contributed by atoms with van der Waals surface area (Å²) in [4.78, 5) is 10.8. The predicted octanol–water partition coefficient (Wildman–Crippen LogP) is 2.82. The number of hydrogen-bond donors (Lipinski definition) is 2. The molecule has 2 N–H and O–H groups in total. The summed E-state index contributed by atoms with van der Waals surface area (Å²) < 4.78 is 24.4. The highest BCUT2D eigenvalue weighted by atomic mass is 79.9. The van der Waals surface area contributed by atoms with Crippen molar-refractivity contribution in [2.75, 3.05) is 11.9 Å². The van der Waals surface area contributed by atoms with Crippen LogP contribution < -0.4 is 5.32 Å². The second-order valence-electron chi connectivity index (χ2n) is 2.77. The average Bonchev–Trinajstić information content (AvgIpc) is 2.15. The van der Waals surface area contributed by atoms with Gasteiger partial charge in [0.15, 0.2) is 0 Å². The summed E-state index contributed by atoms with van der Waals surface area (Å²) in [5, 5.41) is 11.2. The highest BCUT2D eigenvalue weighted by Gasteiger charge is 2.11. The molecular weight excluding hydrogens is 272 g/mol. The summed E-state index contributed by atoms with van der Waals surface area (Å²) in [5.74, 6) is -1.16. The van der Waals surface area contributed by atoms with Crippen LogP contribution in [0.4, 0.5) is 14.5 Å². The lowest BCUT2D eigenvalue weighted by atomic mass is 10.2. The van der Waals surface area contributed by atoms with Crippen LogP contribution in [0.3, 0.4) is 0 Å². The average molecular weight is 280 g/mol. The smallest absolute Gasteiger partial charge is 0.337 e. The van der Waals surface area contributed by atoms with Crippen molar-refractivity contribution >= 4 is 27.6 Å². The number of carbonyl (C=O) groups is 1. The zero-order valence-electron chi connectivity index (χ0n) is 7.51. The molecule has 0 saturated heterocycles. The van der Waals surface area contributed by atoms with Crippen molar-refractivity contribution in [3.63, 3.8) is 0 Å². The first-order valence-corrected chi connectivity index (χ1v) is 4.85. The fourth-order valence-corrected chi connectivity index (χ4v) is 1.40. The van der Waals surface area contributed by atoms with E-state index in [2.05, 4.69) is 21.2 Å². The van der Waals surface area contributed by atoms with Gasteiger partial charge >= 0.3 is 5.97 Å². The van der Waals surface area contributed by atoms with Crippen LogP contribution in [0.5, 0.6) is 0 Å². The van der Waals surface area contributed by atoms with Gasteiger partial charge in [-0.2, -0.15) is 0 Å². The molecule has 0 spiro atoms. The van der Waals surface area contributed by atoms with Crippen LogP contribution >= 0.6 is 15.9 Å². The lowest BCUT2D eigenvalue weighted by Crippen LogP contribution is -2.13. The Balaban J connectivity index is 2.91. The van der Waals surface area contributed by atoms with Crippen molar-refractivity contribution in [3.05, 3.63) is 28.2 Å². The van der Waals surface area contributed by atoms with E-state index in [1.807, 2.05) is 0 Å². The molecule has 0 aliphatic carbocycles. The first-order valence-electron chi connectivity index (χ1n) is 4.05.